The maximum atomic E-state index is 12.0. The van der Waals surface area contributed by atoms with E-state index in [1.807, 2.05) is 19.1 Å². The fourth-order valence-corrected chi connectivity index (χ4v) is 1.74. The molecule has 7 heteroatoms. The van der Waals surface area contributed by atoms with Gasteiger partial charge in [-0.2, -0.15) is 5.10 Å². The van der Waals surface area contributed by atoms with Crippen LogP contribution in [-0.2, 0) is 16.1 Å². The van der Waals surface area contributed by atoms with Gasteiger partial charge in [-0.25, -0.2) is 4.98 Å². The number of aromatic amines is 1. The number of benzene rings is 1. The lowest BCUT2D eigenvalue weighted by atomic mass is 10.2. The van der Waals surface area contributed by atoms with Crippen LogP contribution in [0.2, 0.25) is 0 Å². The molecule has 0 bridgehead atoms. The third-order valence-corrected chi connectivity index (χ3v) is 2.87. The van der Waals surface area contributed by atoms with Crippen LogP contribution in [0.1, 0.15) is 17.2 Å². The van der Waals surface area contributed by atoms with Crippen LogP contribution in [0, 0.1) is 13.8 Å². The Bertz CT molecular complexity index is 648. The second-order valence-corrected chi connectivity index (χ2v) is 4.82. The standard InChI is InChI=1S/C14H17N5O2/c1-9-4-6-11(7-5-9)16-13(20)14(21)19(3)8-12-15-10(2)17-18-12/h4-7H,8H2,1-3H3,(H,16,20)(H,15,17,18). The Hall–Kier alpha value is -2.70. The molecule has 0 aliphatic carbocycles. The lowest BCUT2D eigenvalue weighted by Crippen LogP contribution is -2.36. The number of aromatic nitrogens is 3. The van der Waals surface area contributed by atoms with Crippen LogP contribution >= 0.6 is 0 Å². The number of H-pyrrole nitrogens is 1. The van der Waals surface area contributed by atoms with Gasteiger partial charge < -0.3 is 10.2 Å². The quantitative estimate of drug-likeness (QED) is 0.824. The molecular weight excluding hydrogens is 270 g/mol. The van der Waals surface area contributed by atoms with Crippen LogP contribution < -0.4 is 5.32 Å². The Kier molecular flexibility index (Phi) is 4.32. The highest BCUT2D eigenvalue weighted by molar-refractivity contribution is 6.39. The van der Waals surface area contributed by atoms with E-state index in [-0.39, 0.29) is 6.54 Å². The Labute approximate surface area is 122 Å². The van der Waals surface area contributed by atoms with Gasteiger partial charge in [-0.05, 0) is 26.0 Å². The fraction of sp³-hybridized carbons (Fsp3) is 0.286. The van der Waals surface area contributed by atoms with Gasteiger partial charge in [0.05, 0.1) is 6.54 Å². The maximum absolute atomic E-state index is 12.0. The molecule has 0 aliphatic heterocycles. The summed E-state index contributed by atoms with van der Waals surface area (Å²) < 4.78 is 0. The molecule has 110 valence electrons. The molecule has 2 aromatic rings. The fourth-order valence-electron chi connectivity index (χ4n) is 1.74. The molecule has 7 nitrogen and oxygen atoms in total. The van der Waals surface area contributed by atoms with E-state index < -0.39 is 11.8 Å². The van der Waals surface area contributed by atoms with Crippen molar-refractivity contribution in [3.63, 3.8) is 0 Å². The number of aryl methyl sites for hydroxylation is 2. The van der Waals surface area contributed by atoms with Crippen LogP contribution in [0.15, 0.2) is 24.3 Å². The third-order valence-electron chi connectivity index (χ3n) is 2.87. The summed E-state index contributed by atoms with van der Waals surface area (Å²) in [5, 5.41) is 9.18. The molecule has 0 atom stereocenters. The van der Waals surface area contributed by atoms with Gasteiger partial charge in [-0.15, -0.1) is 0 Å². The third kappa shape index (κ3) is 3.88. The van der Waals surface area contributed by atoms with Crippen LogP contribution in [0.25, 0.3) is 0 Å². The molecule has 0 spiro atoms. The number of carbonyl (C=O) groups is 2. The molecule has 1 aromatic carbocycles. The molecule has 1 aromatic heterocycles. The first-order valence-electron chi connectivity index (χ1n) is 6.46. The zero-order valence-electron chi connectivity index (χ0n) is 12.2. The van der Waals surface area contributed by atoms with Crippen LogP contribution in [0.5, 0.6) is 0 Å². The summed E-state index contributed by atoms with van der Waals surface area (Å²) in [6, 6.07) is 7.22. The normalized spacial score (nSPS) is 10.2. The predicted octanol–water partition coefficient (Wildman–Crippen LogP) is 1.02. The largest absolute Gasteiger partial charge is 0.330 e. The van der Waals surface area contributed by atoms with Gasteiger partial charge in [-0.1, -0.05) is 17.7 Å². The Morgan fingerprint density at radius 3 is 2.48 bits per heavy atom. The zero-order valence-corrected chi connectivity index (χ0v) is 12.2. The van der Waals surface area contributed by atoms with Gasteiger partial charge in [0.15, 0.2) is 5.82 Å². The number of rotatable bonds is 3. The summed E-state index contributed by atoms with van der Waals surface area (Å²) in [7, 11) is 1.53. The molecule has 0 radical (unpaired) electrons. The number of amides is 2. The highest BCUT2D eigenvalue weighted by Crippen LogP contribution is 2.09. The first kappa shape index (κ1) is 14.7. The van der Waals surface area contributed by atoms with Crippen molar-refractivity contribution in [1.29, 1.82) is 0 Å². The molecule has 2 amide bonds. The topological polar surface area (TPSA) is 91.0 Å². The Balaban J connectivity index is 1.95. The van der Waals surface area contributed by atoms with Crippen molar-refractivity contribution in [1.82, 2.24) is 20.1 Å². The van der Waals surface area contributed by atoms with E-state index in [2.05, 4.69) is 20.5 Å². The zero-order chi connectivity index (χ0) is 15.4. The predicted molar refractivity (Wildman–Crippen MR) is 77.4 cm³/mol. The summed E-state index contributed by atoms with van der Waals surface area (Å²) >= 11 is 0. The highest BCUT2D eigenvalue weighted by Gasteiger charge is 2.20. The van der Waals surface area contributed by atoms with Crippen LogP contribution in [0.3, 0.4) is 0 Å². The number of nitrogens with one attached hydrogen (secondary N) is 2. The van der Waals surface area contributed by atoms with Gasteiger partial charge in [0.25, 0.3) is 0 Å². The molecule has 2 N–H and O–H groups in total. The Morgan fingerprint density at radius 1 is 1.24 bits per heavy atom. The van der Waals surface area contributed by atoms with E-state index in [1.165, 1.54) is 11.9 Å². The van der Waals surface area contributed by atoms with Crippen molar-refractivity contribution in [2.45, 2.75) is 20.4 Å². The average molecular weight is 287 g/mol. The van der Waals surface area contributed by atoms with E-state index in [1.54, 1.807) is 19.1 Å². The van der Waals surface area contributed by atoms with E-state index in [0.29, 0.717) is 17.3 Å². The Morgan fingerprint density at radius 2 is 1.90 bits per heavy atom. The van der Waals surface area contributed by atoms with Gasteiger partial charge >= 0.3 is 11.8 Å². The van der Waals surface area contributed by atoms with Crippen molar-refractivity contribution in [2.24, 2.45) is 0 Å². The molecule has 0 saturated carbocycles. The minimum Gasteiger partial charge on any atom is -0.330 e. The number of likely N-dealkylation sites (N-methyl/N-ethyl adjacent to an activating group) is 1. The van der Waals surface area contributed by atoms with Gasteiger partial charge in [0.2, 0.25) is 0 Å². The molecule has 2 rings (SSSR count). The van der Waals surface area contributed by atoms with E-state index in [9.17, 15) is 9.59 Å². The second-order valence-electron chi connectivity index (χ2n) is 4.82. The number of nitrogens with zero attached hydrogens (tertiary/aromatic N) is 3. The molecule has 1 heterocycles. The van der Waals surface area contributed by atoms with E-state index >= 15 is 0 Å². The summed E-state index contributed by atoms with van der Waals surface area (Å²) in [6.45, 7) is 3.89. The summed E-state index contributed by atoms with van der Waals surface area (Å²) in [5.74, 6) is -0.201. The lowest BCUT2D eigenvalue weighted by Gasteiger charge is -2.14. The number of hydrogen-bond acceptors (Lipinski definition) is 4. The van der Waals surface area contributed by atoms with Crippen LogP contribution in [-0.4, -0.2) is 38.9 Å². The number of hydrogen-bond donors (Lipinski definition) is 2. The summed E-state index contributed by atoms with van der Waals surface area (Å²) in [6.07, 6.45) is 0. The number of anilines is 1. The lowest BCUT2D eigenvalue weighted by molar-refractivity contribution is -0.142. The van der Waals surface area contributed by atoms with Crippen molar-refractivity contribution in [3.05, 3.63) is 41.5 Å². The van der Waals surface area contributed by atoms with E-state index in [0.717, 1.165) is 5.56 Å². The molecular formula is C14H17N5O2. The smallest absolute Gasteiger partial charge is 0.313 e. The van der Waals surface area contributed by atoms with Gasteiger partial charge in [0.1, 0.15) is 5.82 Å². The number of carbonyl (C=O) groups excluding carboxylic acids is 2. The average Bonchev–Trinajstić information content (AvgIpc) is 2.85. The molecule has 21 heavy (non-hydrogen) atoms. The molecule has 0 saturated heterocycles. The monoisotopic (exact) mass is 287 g/mol. The van der Waals surface area contributed by atoms with Gasteiger partial charge in [0, 0.05) is 12.7 Å². The van der Waals surface area contributed by atoms with Crippen molar-refractivity contribution < 1.29 is 9.59 Å². The minimum absolute atomic E-state index is 0.171. The van der Waals surface area contributed by atoms with E-state index in [4.69, 9.17) is 0 Å². The second kappa shape index (κ2) is 6.17. The van der Waals surface area contributed by atoms with Gasteiger partial charge in [-0.3, -0.25) is 14.7 Å². The van der Waals surface area contributed by atoms with Crippen molar-refractivity contribution in [3.8, 4) is 0 Å². The first-order valence-corrected chi connectivity index (χ1v) is 6.46. The SMILES string of the molecule is Cc1ccc(NC(=O)C(=O)N(C)Cc2n[nH]c(C)n2)cc1. The molecule has 0 aliphatic rings. The van der Waals surface area contributed by atoms with Crippen molar-refractivity contribution >= 4 is 17.5 Å². The molecule has 0 fully saturated rings. The highest BCUT2D eigenvalue weighted by atomic mass is 16.2. The van der Waals surface area contributed by atoms with Crippen LogP contribution in [0.4, 0.5) is 5.69 Å². The summed E-state index contributed by atoms with van der Waals surface area (Å²) in [5.41, 5.74) is 1.66. The first-order chi connectivity index (χ1) is 9.95. The maximum Gasteiger partial charge on any atom is 0.313 e. The van der Waals surface area contributed by atoms with Crippen molar-refractivity contribution in [2.75, 3.05) is 12.4 Å². The minimum atomic E-state index is -0.686. The summed E-state index contributed by atoms with van der Waals surface area (Å²) in [4.78, 5) is 29.2. The molecule has 0 unspecified atom stereocenters.